The zero-order chi connectivity index (χ0) is 15.3. The van der Waals surface area contributed by atoms with E-state index in [0.717, 1.165) is 30.4 Å². The molecule has 0 aromatic rings. The van der Waals surface area contributed by atoms with Crippen LogP contribution in [-0.2, 0) is 0 Å². The third kappa shape index (κ3) is 1.58. The van der Waals surface area contributed by atoms with Crippen LogP contribution in [0.2, 0.25) is 12.6 Å². The van der Waals surface area contributed by atoms with E-state index >= 15 is 0 Å². The molecule has 6 fully saturated rings. The van der Waals surface area contributed by atoms with E-state index in [9.17, 15) is 0 Å². The van der Waals surface area contributed by atoms with E-state index in [-0.39, 0.29) is 0 Å². The Morgan fingerprint density at radius 2 is 0.783 bits per heavy atom. The van der Waals surface area contributed by atoms with Crippen molar-refractivity contribution in [3.8, 4) is 0 Å². The summed E-state index contributed by atoms with van der Waals surface area (Å²) in [4.78, 5) is 0. The zero-order valence-electron chi connectivity index (χ0n) is 14.7. The molecule has 6 aliphatic rings. The van der Waals surface area contributed by atoms with Crippen molar-refractivity contribution in [2.24, 2.45) is 17.8 Å². The first-order valence-corrected chi connectivity index (χ1v) is 16.2. The summed E-state index contributed by atoms with van der Waals surface area (Å²) >= 11 is -2.16. The van der Waals surface area contributed by atoms with Crippen LogP contribution in [0, 0.1) is 17.8 Å². The Bertz CT molecular complexity index is 488. The molecule has 23 heavy (non-hydrogen) atoms. The third-order valence-corrected chi connectivity index (χ3v) is 28.5. The van der Waals surface area contributed by atoms with Gasteiger partial charge >= 0.3 is 149 Å². The van der Waals surface area contributed by atoms with Crippen molar-refractivity contribution in [3.05, 3.63) is 0 Å². The molecule has 0 atom stereocenters. The Morgan fingerprint density at radius 3 is 0.957 bits per heavy atom. The molecule has 0 aliphatic heterocycles. The predicted octanol–water partition coefficient (Wildman–Crippen LogP) is 7.13. The van der Waals surface area contributed by atoms with Crippen molar-refractivity contribution < 1.29 is 0 Å². The Morgan fingerprint density at radius 1 is 0.522 bits per heavy atom. The minimum absolute atomic E-state index is 0.761. The molecule has 0 spiro atoms. The van der Waals surface area contributed by atoms with E-state index in [1.165, 1.54) is 0 Å². The maximum atomic E-state index is 7.27. The van der Waals surface area contributed by atoms with Crippen LogP contribution in [0.25, 0.3) is 0 Å². The first-order valence-electron chi connectivity index (χ1n) is 10.7. The molecule has 0 aromatic heterocycles. The van der Waals surface area contributed by atoms with Gasteiger partial charge in [0, 0.05) is 0 Å². The Kier molecular flexibility index (Phi) is 2.94. The maximum absolute atomic E-state index is 7.27. The summed E-state index contributed by atoms with van der Waals surface area (Å²) in [5, 5.41) is 0. The summed E-state index contributed by atoms with van der Waals surface area (Å²) in [5.41, 5.74) is 0. The zero-order valence-corrected chi connectivity index (χ0v) is 17.4. The Labute approximate surface area is 148 Å². The number of hydrogen-bond acceptors (Lipinski definition) is 1. The Balaban J connectivity index is 1.55. The number of hydrogen-bond donors (Lipinski definition) is 0. The van der Waals surface area contributed by atoms with Gasteiger partial charge in [-0.25, -0.2) is 0 Å². The Hall–Kier alpha value is 0.778. The summed E-state index contributed by atoms with van der Waals surface area (Å²) in [6.07, 6.45) is 23.8. The van der Waals surface area contributed by atoms with Gasteiger partial charge < -0.3 is 0 Å². The van der Waals surface area contributed by atoms with Crippen LogP contribution >= 0.6 is 10.4 Å². The van der Waals surface area contributed by atoms with Gasteiger partial charge in [0.05, 0.1) is 0 Å². The average molecular weight is 392 g/mol. The molecule has 6 saturated carbocycles. The second-order valence-electron chi connectivity index (χ2n) is 10.7. The van der Waals surface area contributed by atoms with Crippen LogP contribution < -0.4 is 0 Å². The van der Waals surface area contributed by atoms with Gasteiger partial charge in [-0.2, -0.15) is 0 Å². The van der Waals surface area contributed by atoms with Gasteiger partial charge in [-0.3, -0.25) is 0 Å². The molecule has 0 unspecified atom stereocenters. The number of fused-ring (bicyclic) bond motifs is 6. The molecule has 0 N–H and O–H groups in total. The topological polar surface area (TPSA) is 0 Å². The second kappa shape index (κ2) is 4.54. The van der Waals surface area contributed by atoms with Crippen molar-refractivity contribution >= 4 is 22.3 Å². The molecule has 2 heteroatoms. The van der Waals surface area contributed by atoms with Crippen molar-refractivity contribution in [2.75, 3.05) is 0 Å². The van der Waals surface area contributed by atoms with Crippen LogP contribution in [0.5, 0.6) is 0 Å². The monoisotopic (exact) mass is 392 g/mol. The van der Waals surface area contributed by atoms with Gasteiger partial charge in [-0.15, -0.1) is 0 Å². The third-order valence-electron chi connectivity index (χ3n) is 10.1. The molecule has 6 bridgehead atoms. The van der Waals surface area contributed by atoms with Crippen LogP contribution in [0.3, 0.4) is 0 Å². The van der Waals surface area contributed by atoms with E-state index in [4.69, 9.17) is 10.4 Å². The summed E-state index contributed by atoms with van der Waals surface area (Å²) in [7, 11) is 7.27. The minimum atomic E-state index is -2.16. The molecule has 0 radical (unpaired) electrons. The molecule has 0 amide bonds. The average Bonchev–Trinajstić information content (AvgIpc) is 3.43. The van der Waals surface area contributed by atoms with Crippen LogP contribution in [0.4, 0.5) is 0 Å². The standard InChI is InChI=1S/C21H33AsS/c23-22(19-7-1-16(13-19)2-8-19,20-9-3-17(14-20)4-10-20)21-11-5-18(15-21)6-12-21/h16-18H,1-15H2. The van der Waals surface area contributed by atoms with E-state index < -0.39 is 11.9 Å². The quantitative estimate of drug-likeness (QED) is 0.460. The molecule has 0 heterocycles. The van der Waals surface area contributed by atoms with Crippen molar-refractivity contribution in [1.82, 2.24) is 0 Å². The van der Waals surface area contributed by atoms with Crippen LogP contribution in [0.15, 0.2) is 0 Å². The molecule has 0 saturated heterocycles. The fourth-order valence-electron chi connectivity index (χ4n) is 9.32. The number of rotatable bonds is 3. The summed E-state index contributed by atoms with van der Waals surface area (Å²) in [6.45, 7) is 0. The van der Waals surface area contributed by atoms with Gasteiger partial charge in [0.25, 0.3) is 0 Å². The molecule has 0 aromatic carbocycles. The predicted molar refractivity (Wildman–Crippen MR) is 101 cm³/mol. The van der Waals surface area contributed by atoms with Crippen molar-refractivity contribution in [3.63, 3.8) is 0 Å². The molecular formula is C21H33AsS. The normalized spacial score (nSPS) is 59.0. The molecule has 6 rings (SSSR count). The molecule has 0 nitrogen and oxygen atoms in total. The van der Waals surface area contributed by atoms with Crippen LogP contribution in [-0.4, -0.2) is 11.9 Å². The summed E-state index contributed by atoms with van der Waals surface area (Å²) in [5.74, 6) is 3.30. The van der Waals surface area contributed by atoms with Crippen LogP contribution in [0.1, 0.15) is 96.3 Å². The van der Waals surface area contributed by atoms with E-state index in [1.54, 1.807) is 96.3 Å². The van der Waals surface area contributed by atoms with Gasteiger partial charge in [0.15, 0.2) is 0 Å². The van der Waals surface area contributed by atoms with Gasteiger partial charge in [0.1, 0.15) is 0 Å². The van der Waals surface area contributed by atoms with E-state index in [1.807, 2.05) is 0 Å². The van der Waals surface area contributed by atoms with E-state index in [2.05, 4.69) is 0 Å². The van der Waals surface area contributed by atoms with Gasteiger partial charge in [-0.1, -0.05) is 0 Å². The fourth-order valence-corrected chi connectivity index (χ4v) is 28.5. The summed E-state index contributed by atoms with van der Waals surface area (Å²) < 4.78 is 2.28. The first-order chi connectivity index (χ1) is 11.1. The second-order valence-corrected chi connectivity index (χ2v) is 22.1. The molecular weight excluding hydrogens is 359 g/mol. The van der Waals surface area contributed by atoms with Gasteiger partial charge in [-0.05, 0) is 0 Å². The SMILES string of the molecule is S=[As](C12CCC(CC1)C2)(C12CCC(CC1)C2)C12CCC(CC1)C2. The molecule has 128 valence electrons. The van der Waals surface area contributed by atoms with Gasteiger partial charge in [0.2, 0.25) is 0 Å². The van der Waals surface area contributed by atoms with E-state index in [0.29, 0.717) is 0 Å². The van der Waals surface area contributed by atoms with Crippen molar-refractivity contribution in [1.29, 1.82) is 0 Å². The molecule has 6 aliphatic carbocycles. The first kappa shape index (κ1) is 14.9. The summed E-state index contributed by atoms with van der Waals surface area (Å²) in [6, 6.07) is 0. The van der Waals surface area contributed by atoms with Crippen molar-refractivity contribution in [2.45, 2.75) is 109 Å². The fraction of sp³-hybridized carbons (Fsp3) is 1.00.